The molecule has 72 valence electrons. The van der Waals surface area contributed by atoms with Crippen LogP contribution in [0.1, 0.15) is 24.8 Å². The molecule has 1 fully saturated rings. The van der Waals surface area contributed by atoms with Crippen LogP contribution in [0.15, 0.2) is 16.8 Å². The lowest BCUT2D eigenvalue weighted by atomic mass is 9.72. The molecule has 3 heteroatoms. The lowest BCUT2D eigenvalue weighted by Crippen LogP contribution is -2.54. The van der Waals surface area contributed by atoms with Gasteiger partial charge in [-0.3, -0.25) is 0 Å². The Balaban J connectivity index is 1.80. The van der Waals surface area contributed by atoms with Crippen molar-refractivity contribution >= 4 is 11.3 Å². The van der Waals surface area contributed by atoms with Crippen molar-refractivity contribution in [1.29, 1.82) is 0 Å². The van der Waals surface area contributed by atoms with Crippen LogP contribution < -0.4 is 5.73 Å². The smallest absolute Gasteiger partial charge is 0.0575 e. The van der Waals surface area contributed by atoms with E-state index in [9.17, 15) is 0 Å². The molecule has 2 rings (SSSR count). The van der Waals surface area contributed by atoms with Crippen LogP contribution in [-0.4, -0.2) is 16.7 Å². The van der Waals surface area contributed by atoms with Crippen molar-refractivity contribution in [2.45, 2.75) is 37.3 Å². The van der Waals surface area contributed by atoms with Gasteiger partial charge >= 0.3 is 0 Å². The van der Waals surface area contributed by atoms with E-state index in [0.29, 0.717) is 0 Å². The zero-order valence-electron chi connectivity index (χ0n) is 7.57. The average Bonchev–Trinajstić information content (AvgIpc) is 2.50. The second-order valence-electron chi connectivity index (χ2n) is 4.06. The average molecular weight is 197 g/mol. The standard InChI is InChI=1S/C10H15NOS/c11-10(5-9(12)6-10)3-1-8-2-4-13-7-8/h2,4,7,9,12H,1,3,5-6,11H2. The van der Waals surface area contributed by atoms with Gasteiger partial charge in [0.1, 0.15) is 0 Å². The summed E-state index contributed by atoms with van der Waals surface area (Å²) >= 11 is 1.73. The number of aliphatic hydroxyl groups is 1. The topological polar surface area (TPSA) is 46.2 Å². The van der Waals surface area contributed by atoms with E-state index in [4.69, 9.17) is 10.8 Å². The number of aryl methyl sites for hydroxylation is 1. The van der Waals surface area contributed by atoms with Crippen molar-refractivity contribution in [1.82, 2.24) is 0 Å². The van der Waals surface area contributed by atoms with Gasteiger partial charge in [-0.05, 0) is 48.1 Å². The molecule has 0 atom stereocenters. The van der Waals surface area contributed by atoms with Crippen LogP contribution in [0.25, 0.3) is 0 Å². The minimum absolute atomic E-state index is 0.0820. The molecule has 1 aliphatic rings. The molecule has 0 unspecified atom stereocenters. The molecule has 0 amide bonds. The van der Waals surface area contributed by atoms with E-state index >= 15 is 0 Å². The zero-order chi connectivity index (χ0) is 9.31. The quantitative estimate of drug-likeness (QED) is 0.772. The Labute approximate surface area is 82.4 Å². The molecule has 0 aliphatic heterocycles. The van der Waals surface area contributed by atoms with Crippen molar-refractivity contribution in [2.75, 3.05) is 0 Å². The minimum atomic E-state index is -0.146. The number of rotatable bonds is 3. The van der Waals surface area contributed by atoms with E-state index in [0.717, 1.165) is 25.7 Å². The lowest BCUT2D eigenvalue weighted by Gasteiger charge is -2.42. The van der Waals surface area contributed by atoms with Crippen molar-refractivity contribution in [3.63, 3.8) is 0 Å². The molecule has 1 heterocycles. The van der Waals surface area contributed by atoms with Gasteiger partial charge in [0.25, 0.3) is 0 Å². The summed E-state index contributed by atoms with van der Waals surface area (Å²) in [5.41, 5.74) is 7.34. The number of hydrogen-bond acceptors (Lipinski definition) is 3. The van der Waals surface area contributed by atoms with Crippen molar-refractivity contribution in [3.8, 4) is 0 Å². The molecule has 1 aromatic heterocycles. The third kappa shape index (κ3) is 2.10. The van der Waals surface area contributed by atoms with Gasteiger partial charge in [0, 0.05) is 5.54 Å². The SMILES string of the molecule is NC1(CCc2ccsc2)CC(O)C1. The summed E-state index contributed by atoms with van der Waals surface area (Å²) in [5.74, 6) is 0. The number of nitrogens with two attached hydrogens (primary N) is 1. The van der Waals surface area contributed by atoms with Crippen LogP contribution in [0, 0.1) is 0 Å². The minimum Gasteiger partial charge on any atom is -0.393 e. The van der Waals surface area contributed by atoms with E-state index in [1.807, 2.05) is 0 Å². The highest BCUT2D eigenvalue weighted by molar-refractivity contribution is 7.07. The van der Waals surface area contributed by atoms with E-state index < -0.39 is 0 Å². The van der Waals surface area contributed by atoms with Gasteiger partial charge in [0.05, 0.1) is 6.10 Å². The maximum atomic E-state index is 9.16. The summed E-state index contributed by atoms with van der Waals surface area (Å²) in [5, 5.41) is 13.4. The summed E-state index contributed by atoms with van der Waals surface area (Å²) in [6.45, 7) is 0. The zero-order valence-corrected chi connectivity index (χ0v) is 8.39. The first kappa shape index (κ1) is 9.19. The number of thiophene rings is 1. The summed E-state index contributed by atoms with van der Waals surface area (Å²) in [6, 6.07) is 2.14. The highest BCUT2D eigenvalue weighted by atomic mass is 32.1. The first-order chi connectivity index (χ1) is 6.18. The van der Waals surface area contributed by atoms with Gasteiger partial charge in [-0.2, -0.15) is 11.3 Å². The van der Waals surface area contributed by atoms with E-state index in [-0.39, 0.29) is 11.6 Å². The third-order valence-corrected chi connectivity index (χ3v) is 3.51. The Hall–Kier alpha value is -0.380. The first-order valence-electron chi connectivity index (χ1n) is 4.66. The molecule has 1 aromatic rings. The Morgan fingerprint density at radius 3 is 2.92 bits per heavy atom. The molecule has 13 heavy (non-hydrogen) atoms. The molecule has 0 saturated heterocycles. The molecule has 0 bridgehead atoms. The number of hydrogen-bond donors (Lipinski definition) is 2. The van der Waals surface area contributed by atoms with Gasteiger partial charge < -0.3 is 10.8 Å². The molecule has 0 aromatic carbocycles. The van der Waals surface area contributed by atoms with Crippen LogP contribution in [0.5, 0.6) is 0 Å². The third-order valence-electron chi connectivity index (χ3n) is 2.78. The summed E-state index contributed by atoms with van der Waals surface area (Å²) in [4.78, 5) is 0. The van der Waals surface area contributed by atoms with Crippen molar-refractivity contribution in [2.24, 2.45) is 5.73 Å². The van der Waals surface area contributed by atoms with Gasteiger partial charge in [0.2, 0.25) is 0 Å². The normalized spacial score (nSPS) is 32.9. The predicted molar refractivity (Wildman–Crippen MR) is 54.8 cm³/mol. The Morgan fingerprint density at radius 1 is 1.62 bits per heavy atom. The number of aliphatic hydroxyl groups excluding tert-OH is 1. The van der Waals surface area contributed by atoms with Crippen LogP contribution in [0.3, 0.4) is 0 Å². The van der Waals surface area contributed by atoms with Gasteiger partial charge in [-0.15, -0.1) is 0 Å². The van der Waals surface area contributed by atoms with Crippen molar-refractivity contribution in [3.05, 3.63) is 22.4 Å². The summed E-state index contributed by atoms with van der Waals surface area (Å²) in [6.07, 6.45) is 3.45. The van der Waals surface area contributed by atoms with Crippen LogP contribution in [-0.2, 0) is 6.42 Å². The molecular weight excluding hydrogens is 182 g/mol. The fourth-order valence-corrected chi connectivity index (χ4v) is 2.61. The Kier molecular flexibility index (Phi) is 2.41. The maximum absolute atomic E-state index is 9.16. The second-order valence-corrected chi connectivity index (χ2v) is 4.84. The van der Waals surface area contributed by atoms with Crippen LogP contribution in [0.4, 0.5) is 0 Å². The fraction of sp³-hybridized carbons (Fsp3) is 0.600. The van der Waals surface area contributed by atoms with Gasteiger partial charge in [0.15, 0.2) is 0 Å². The van der Waals surface area contributed by atoms with E-state index in [2.05, 4.69) is 16.8 Å². The Morgan fingerprint density at radius 2 is 2.38 bits per heavy atom. The predicted octanol–water partition coefficient (Wildman–Crippen LogP) is 1.53. The van der Waals surface area contributed by atoms with Crippen LogP contribution >= 0.6 is 11.3 Å². The van der Waals surface area contributed by atoms with Gasteiger partial charge in [-0.25, -0.2) is 0 Å². The highest BCUT2D eigenvalue weighted by Crippen LogP contribution is 2.33. The molecule has 1 aliphatic carbocycles. The van der Waals surface area contributed by atoms with Crippen molar-refractivity contribution < 1.29 is 5.11 Å². The first-order valence-corrected chi connectivity index (χ1v) is 5.60. The van der Waals surface area contributed by atoms with E-state index in [1.165, 1.54) is 5.56 Å². The van der Waals surface area contributed by atoms with Crippen LogP contribution in [0.2, 0.25) is 0 Å². The fourth-order valence-electron chi connectivity index (χ4n) is 1.91. The monoisotopic (exact) mass is 197 g/mol. The molecule has 0 spiro atoms. The summed E-state index contributed by atoms with van der Waals surface area (Å²) in [7, 11) is 0. The van der Waals surface area contributed by atoms with E-state index in [1.54, 1.807) is 11.3 Å². The molecule has 3 N–H and O–H groups in total. The largest absolute Gasteiger partial charge is 0.393 e. The summed E-state index contributed by atoms with van der Waals surface area (Å²) < 4.78 is 0. The highest BCUT2D eigenvalue weighted by Gasteiger charge is 2.39. The molecule has 2 nitrogen and oxygen atoms in total. The second kappa shape index (κ2) is 3.40. The van der Waals surface area contributed by atoms with Gasteiger partial charge in [-0.1, -0.05) is 0 Å². The Bertz CT molecular complexity index is 264. The molecule has 1 saturated carbocycles. The maximum Gasteiger partial charge on any atom is 0.0575 e. The molecular formula is C10H15NOS. The molecule has 0 radical (unpaired) electrons. The lowest BCUT2D eigenvalue weighted by molar-refractivity contribution is 0.0189.